The van der Waals surface area contributed by atoms with Crippen molar-refractivity contribution in [2.75, 3.05) is 0 Å². The fourth-order valence-corrected chi connectivity index (χ4v) is 3.92. The SMILES string of the molecule is CC1=C2C3OC(=O)C(C)C3CCC2(C)C(C)(O)OC1=O. The zero-order valence-electron chi connectivity index (χ0n) is 12.2. The first-order valence-corrected chi connectivity index (χ1v) is 7.06. The lowest BCUT2D eigenvalue weighted by Gasteiger charge is -2.52. The largest absolute Gasteiger partial charge is 0.457 e. The summed E-state index contributed by atoms with van der Waals surface area (Å²) in [4.78, 5) is 23.8. The number of fused-ring (bicyclic) bond motifs is 3. The Morgan fingerprint density at radius 2 is 1.95 bits per heavy atom. The van der Waals surface area contributed by atoms with Gasteiger partial charge in [-0.05, 0) is 32.3 Å². The van der Waals surface area contributed by atoms with Gasteiger partial charge in [0.1, 0.15) is 6.10 Å². The second kappa shape index (κ2) is 3.85. The van der Waals surface area contributed by atoms with E-state index in [-0.39, 0.29) is 17.8 Å². The molecule has 5 nitrogen and oxygen atoms in total. The normalized spacial score (nSPS) is 47.5. The van der Waals surface area contributed by atoms with E-state index in [2.05, 4.69) is 0 Å². The van der Waals surface area contributed by atoms with Crippen LogP contribution < -0.4 is 0 Å². The summed E-state index contributed by atoms with van der Waals surface area (Å²) in [6.07, 6.45) is 1.04. The summed E-state index contributed by atoms with van der Waals surface area (Å²) in [7, 11) is 0. The van der Waals surface area contributed by atoms with E-state index < -0.39 is 23.3 Å². The third kappa shape index (κ3) is 1.47. The van der Waals surface area contributed by atoms with Gasteiger partial charge in [0.2, 0.25) is 5.79 Å². The summed E-state index contributed by atoms with van der Waals surface area (Å²) >= 11 is 0. The maximum absolute atomic E-state index is 12.0. The molecule has 110 valence electrons. The molecule has 1 saturated heterocycles. The van der Waals surface area contributed by atoms with E-state index in [0.717, 1.165) is 12.0 Å². The molecule has 0 radical (unpaired) electrons. The van der Waals surface area contributed by atoms with Crippen LogP contribution in [0.15, 0.2) is 11.1 Å². The predicted molar refractivity (Wildman–Crippen MR) is 69.3 cm³/mol. The molecule has 20 heavy (non-hydrogen) atoms. The van der Waals surface area contributed by atoms with Crippen molar-refractivity contribution >= 4 is 11.9 Å². The molecule has 5 heteroatoms. The van der Waals surface area contributed by atoms with Gasteiger partial charge in [0, 0.05) is 18.4 Å². The standard InChI is InChI=1S/C15H20O5/c1-7-9-5-6-14(3)10(11(9)19-12(7)16)8(2)13(17)20-15(14,4)18/h7,9,11,18H,5-6H2,1-4H3. The number of aliphatic hydroxyl groups is 1. The van der Waals surface area contributed by atoms with Crippen molar-refractivity contribution < 1.29 is 24.2 Å². The minimum absolute atomic E-state index is 0.0854. The molecule has 0 aromatic rings. The molecule has 0 aromatic heterocycles. The van der Waals surface area contributed by atoms with Crippen LogP contribution >= 0.6 is 0 Å². The van der Waals surface area contributed by atoms with E-state index in [1.54, 1.807) is 6.92 Å². The van der Waals surface area contributed by atoms with E-state index in [0.29, 0.717) is 12.0 Å². The van der Waals surface area contributed by atoms with E-state index in [1.165, 1.54) is 6.92 Å². The highest BCUT2D eigenvalue weighted by Crippen LogP contribution is 2.57. The third-order valence-corrected chi connectivity index (χ3v) is 5.53. The van der Waals surface area contributed by atoms with Gasteiger partial charge in [-0.2, -0.15) is 0 Å². The first-order chi connectivity index (χ1) is 9.19. The maximum atomic E-state index is 12.0. The van der Waals surface area contributed by atoms with E-state index in [1.807, 2.05) is 13.8 Å². The molecule has 1 N–H and O–H groups in total. The minimum Gasteiger partial charge on any atom is -0.457 e. The first kappa shape index (κ1) is 13.6. The van der Waals surface area contributed by atoms with Crippen molar-refractivity contribution in [1.82, 2.24) is 0 Å². The monoisotopic (exact) mass is 280 g/mol. The minimum atomic E-state index is -1.57. The van der Waals surface area contributed by atoms with Gasteiger partial charge in [0.25, 0.3) is 0 Å². The molecule has 2 aliphatic heterocycles. The van der Waals surface area contributed by atoms with Gasteiger partial charge in [0.15, 0.2) is 0 Å². The lowest BCUT2D eigenvalue weighted by molar-refractivity contribution is -0.251. The zero-order valence-corrected chi connectivity index (χ0v) is 12.2. The Morgan fingerprint density at radius 3 is 2.60 bits per heavy atom. The quantitative estimate of drug-likeness (QED) is 0.681. The van der Waals surface area contributed by atoms with Crippen molar-refractivity contribution in [3.05, 3.63) is 11.1 Å². The van der Waals surface area contributed by atoms with Gasteiger partial charge >= 0.3 is 11.9 Å². The number of ether oxygens (including phenoxy) is 2. The molecule has 1 aliphatic carbocycles. The van der Waals surface area contributed by atoms with Crippen LogP contribution in [0.4, 0.5) is 0 Å². The molecule has 2 fully saturated rings. The first-order valence-electron chi connectivity index (χ1n) is 7.06. The Balaban J connectivity index is 2.15. The molecule has 0 bridgehead atoms. The number of hydrogen-bond acceptors (Lipinski definition) is 5. The van der Waals surface area contributed by atoms with Crippen LogP contribution in [0, 0.1) is 17.3 Å². The Hall–Kier alpha value is -1.36. The van der Waals surface area contributed by atoms with Crippen molar-refractivity contribution in [3.63, 3.8) is 0 Å². The Labute approximate surface area is 117 Å². The molecule has 1 saturated carbocycles. The molecule has 0 aromatic carbocycles. The Morgan fingerprint density at radius 1 is 1.30 bits per heavy atom. The summed E-state index contributed by atoms with van der Waals surface area (Å²) in [6.45, 7) is 6.94. The predicted octanol–water partition coefficient (Wildman–Crippen LogP) is 1.55. The van der Waals surface area contributed by atoms with E-state index >= 15 is 0 Å². The number of carbonyl (C=O) groups excluding carboxylic acids is 2. The summed E-state index contributed by atoms with van der Waals surface area (Å²) in [5.74, 6) is -2.39. The van der Waals surface area contributed by atoms with Crippen LogP contribution in [0.2, 0.25) is 0 Å². The van der Waals surface area contributed by atoms with Crippen LogP contribution in [0.1, 0.15) is 40.5 Å². The molecule has 0 amide bonds. The second-order valence-electron chi connectivity index (χ2n) is 6.59. The molecular formula is C15H20O5. The molecule has 3 aliphatic rings. The van der Waals surface area contributed by atoms with Crippen LogP contribution in [-0.4, -0.2) is 28.9 Å². The van der Waals surface area contributed by atoms with Crippen molar-refractivity contribution in [2.24, 2.45) is 17.3 Å². The summed E-state index contributed by atoms with van der Waals surface area (Å²) < 4.78 is 10.7. The Kier molecular flexibility index (Phi) is 2.62. The molecule has 5 atom stereocenters. The van der Waals surface area contributed by atoms with Gasteiger partial charge in [-0.1, -0.05) is 6.92 Å². The van der Waals surface area contributed by atoms with Crippen molar-refractivity contribution in [3.8, 4) is 0 Å². The molecule has 0 spiro atoms. The van der Waals surface area contributed by atoms with Gasteiger partial charge in [-0.25, -0.2) is 4.79 Å². The van der Waals surface area contributed by atoms with Crippen molar-refractivity contribution in [2.45, 2.75) is 52.4 Å². The Bertz CT molecular complexity index is 532. The summed E-state index contributed by atoms with van der Waals surface area (Å²) in [5.41, 5.74) is 0.513. The number of carbonyl (C=O) groups is 2. The van der Waals surface area contributed by atoms with Gasteiger partial charge in [-0.3, -0.25) is 4.79 Å². The second-order valence-corrected chi connectivity index (χ2v) is 6.59. The highest BCUT2D eigenvalue weighted by Gasteiger charge is 2.62. The lowest BCUT2D eigenvalue weighted by atomic mass is 9.59. The highest BCUT2D eigenvalue weighted by atomic mass is 16.7. The van der Waals surface area contributed by atoms with Crippen molar-refractivity contribution in [1.29, 1.82) is 0 Å². The maximum Gasteiger partial charge on any atom is 0.336 e. The van der Waals surface area contributed by atoms with Crippen LogP contribution in [-0.2, 0) is 19.1 Å². The summed E-state index contributed by atoms with van der Waals surface area (Å²) in [6, 6.07) is 0. The number of rotatable bonds is 0. The van der Waals surface area contributed by atoms with Gasteiger partial charge < -0.3 is 14.6 Å². The smallest absolute Gasteiger partial charge is 0.336 e. The fourth-order valence-electron chi connectivity index (χ4n) is 3.92. The molecular weight excluding hydrogens is 260 g/mol. The molecule has 5 unspecified atom stereocenters. The van der Waals surface area contributed by atoms with Gasteiger partial charge in [0.05, 0.1) is 11.3 Å². The van der Waals surface area contributed by atoms with E-state index in [4.69, 9.17) is 9.47 Å². The van der Waals surface area contributed by atoms with Crippen LogP contribution in [0.5, 0.6) is 0 Å². The number of esters is 2. The van der Waals surface area contributed by atoms with Crippen LogP contribution in [0.3, 0.4) is 0 Å². The number of hydrogen-bond donors (Lipinski definition) is 1. The average molecular weight is 280 g/mol. The fraction of sp³-hybridized carbons (Fsp3) is 0.733. The van der Waals surface area contributed by atoms with Crippen LogP contribution in [0.25, 0.3) is 0 Å². The molecule has 3 rings (SSSR count). The number of cyclic esters (lactones) is 1. The topological polar surface area (TPSA) is 72.8 Å². The molecule has 2 heterocycles. The lowest BCUT2D eigenvalue weighted by Crippen LogP contribution is -2.57. The average Bonchev–Trinajstić information content (AvgIpc) is 2.62. The third-order valence-electron chi connectivity index (χ3n) is 5.53. The van der Waals surface area contributed by atoms with E-state index in [9.17, 15) is 14.7 Å². The zero-order chi connectivity index (χ0) is 14.9. The summed E-state index contributed by atoms with van der Waals surface area (Å²) in [5, 5.41) is 10.6. The van der Waals surface area contributed by atoms with Gasteiger partial charge in [-0.15, -0.1) is 0 Å². The highest BCUT2D eigenvalue weighted by molar-refractivity contribution is 5.91.